The van der Waals surface area contributed by atoms with E-state index < -0.39 is 0 Å². The summed E-state index contributed by atoms with van der Waals surface area (Å²) in [7, 11) is 0. The number of rotatable bonds is 2. The highest BCUT2D eigenvalue weighted by Gasteiger charge is 1.98. The van der Waals surface area contributed by atoms with Crippen LogP contribution in [-0.4, -0.2) is 15.9 Å². The second-order valence-corrected chi connectivity index (χ2v) is 1.97. The smallest absolute Gasteiger partial charge is 0.229 e. The van der Waals surface area contributed by atoms with Crippen LogP contribution in [0.3, 0.4) is 0 Å². The van der Waals surface area contributed by atoms with Crippen LogP contribution in [0.25, 0.3) is 0 Å². The van der Waals surface area contributed by atoms with Crippen LogP contribution in [0.5, 0.6) is 0 Å². The van der Waals surface area contributed by atoms with Crippen molar-refractivity contribution in [3.05, 3.63) is 18.5 Å². The molecule has 0 aliphatic rings. The molecule has 1 aromatic rings. The van der Waals surface area contributed by atoms with Gasteiger partial charge in [0.25, 0.3) is 0 Å². The lowest BCUT2D eigenvalue weighted by atomic mass is 10.5. The van der Waals surface area contributed by atoms with Gasteiger partial charge in [0.2, 0.25) is 11.9 Å². The van der Waals surface area contributed by atoms with Crippen LogP contribution >= 0.6 is 0 Å². The molecule has 13 heavy (non-hydrogen) atoms. The molecule has 0 bridgehead atoms. The number of carbonyl (C=O) groups excluding carboxylic acids is 1. The van der Waals surface area contributed by atoms with Gasteiger partial charge >= 0.3 is 0 Å². The number of nitrogens with one attached hydrogen (secondary N) is 1. The zero-order chi connectivity index (χ0) is 10.1. The summed E-state index contributed by atoms with van der Waals surface area (Å²) < 4.78 is 0. The molecule has 1 amide bonds. The molecule has 1 N–H and O–H groups in total. The number of hydrogen-bond donors (Lipinski definition) is 1. The Morgan fingerprint density at radius 3 is 2.38 bits per heavy atom. The largest absolute Gasteiger partial charge is 0.295 e. The fourth-order valence-electron chi connectivity index (χ4n) is 0.577. The van der Waals surface area contributed by atoms with Gasteiger partial charge in [-0.3, -0.25) is 10.1 Å². The van der Waals surface area contributed by atoms with Crippen molar-refractivity contribution in [1.29, 1.82) is 0 Å². The highest BCUT2D eigenvalue weighted by atomic mass is 16.1. The number of aromatic nitrogens is 2. The Kier molecular flexibility index (Phi) is 6.41. The maximum atomic E-state index is 10.8. The van der Waals surface area contributed by atoms with Gasteiger partial charge in [-0.05, 0) is 6.07 Å². The average Bonchev–Trinajstić information content (AvgIpc) is 2.22. The molecule has 0 aliphatic heterocycles. The zero-order valence-corrected chi connectivity index (χ0v) is 8.24. The van der Waals surface area contributed by atoms with Crippen molar-refractivity contribution in [2.24, 2.45) is 0 Å². The maximum Gasteiger partial charge on any atom is 0.229 e. The van der Waals surface area contributed by atoms with E-state index in [9.17, 15) is 4.79 Å². The van der Waals surface area contributed by atoms with Gasteiger partial charge in [-0.15, -0.1) is 0 Å². The normalized spacial score (nSPS) is 8.23. The van der Waals surface area contributed by atoms with Gasteiger partial charge in [-0.25, -0.2) is 9.97 Å². The number of nitrogens with zero attached hydrogens (tertiary/aromatic N) is 2. The van der Waals surface area contributed by atoms with Crippen LogP contribution in [0.15, 0.2) is 18.5 Å². The summed E-state index contributed by atoms with van der Waals surface area (Å²) in [4.78, 5) is 18.4. The molecule has 1 rings (SSSR count). The molecule has 0 aromatic carbocycles. The van der Waals surface area contributed by atoms with Crippen LogP contribution in [0.1, 0.15) is 27.2 Å². The highest BCUT2D eigenvalue weighted by Crippen LogP contribution is 1.94. The minimum Gasteiger partial charge on any atom is -0.295 e. The second-order valence-electron chi connectivity index (χ2n) is 1.97. The average molecular weight is 181 g/mol. The van der Waals surface area contributed by atoms with E-state index in [0.29, 0.717) is 12.4 Å². The molecule has 72 valence electrons. The van der Waals surface area contributed by atoms with Gasteiger partial charge in [0, 0.05) is 18.8 Å². The van der Waals surface area contributed by atoms with Crippen molar-refractivity contribution < 1.29 is 4.79 Å². The first kappa shape index (κ1) is 11.6. The fraction of sp³-hybridized carbons (Fsp3) is 0.444. The number of anilines is 1. The molecular weight excluding hydrogens is 166 g/mol. The molecule has 0 radical (unpaired) electrons. The summed E-state index contributed by atoms with van der Waals surface area (Å²) in [5.74, 6) is 0.288. The van der Waals surface area contributed by atoms with Crippen molar-refractivity contribution in [3.63, 3.8) is 0 Å². The minimum atomic E-state index is -0.0730. The van der Waals surface area contributed by atoms with Gasteiger partial charge in [-0.2, -0.15) is 0 Å². The van der Waals surface area contributed by atoms with E-state index in [0.717, 1.165) is 0 Å². The van der Waals surface area contributed by atoms with E-state index in [1.165, 1.54) is 0 Å². The Morgan fingerprint density at radius 1 is 1.38 bits per heavy atom. The van der Waals surface area contributed by atoms with Crippen molar-refractivity contribution in [2.75, 3.05) is 5.32 Å². The number of carbonyl (C=O) groups is 1. The van der Waals surface area contributed by atoms with Gasteiger partial charge in [0.05, 0.1) is 0 Å². The molecule has 0 fully saturated rings. The first-order valence-corrected chi connectivity index (χ1v) is 4.40. The first-order valence-electron chi connectivity index (χ1n) is 4.40. The van der Waals surface area contributed by atoms with E-state index in [2.05, 4.69) is 15.3 Å². The van der Waals surface area contributed by atoms with Crippen LogP contribution in [0.2, 0.25) is 0 Å². The molecular formula is C9H15N3O. The molecule has 4 heteroatoms. The van der Waals surface area contributed by atoms with E-state index >= 15 is 0 Å². The summed E-state index contributed by atoms with van der Waals surface area (Å²) in [5.41, 5.74) is 0. The van der Waals surface area contributed by atoms with Crippen LogP contribution in [0, 0.1) is 0 Å². The van der Waals surface area contributed by atoms with Gasteiger partial charge in [-0.1, -0.05) is 20.8 Å². The standard InChI is InChI=1S/C7H9N3O.C2H6/c1-2-6(11)10-7-8-4-3-5-9-7;1-2/h3-5H,2H2,1H3,(H,8,9,10,11);1-2H3. The topological polar surface area (TPSA) is 54.9 Å². The lowest BCUT2D eigenvalue weighted by Gasteiger charge is -1.98. The Bertz CT molecular complexity index is 236. The summed E-state index contributed by atoms with van der Waals surface area (Å²) in [6.07, 6.45) is 3.61. The minimum absolute atomic E-state index is 0.0730. The summed E-state index contributed by atoms with van der Waals surface area (Å²) in [6.45, 7) is 5.78. The predicted molar refractivity (Wildman–Crippen MR) is 52.3 cm³/mol. The summed E-state index contributed by atoms with van der Waals surface area (Å²) >= 11 is 0. The fourth-order valence-corrected chi connectivity index (χ4v) is 0.577. The Hall–Kier alpha value is -1.45. The molecule has 0 atom stereocenters. The van der Waals surface area contributed by atoms with Crippen molar-refractivity contribution >= 4 is 11.9 Å². The third-order valence-electron chi connectivity index (χ3n) is 1.14. The van der Waals surface area contributed by atoms with Crippen LogP contribution < -0.4 is 5.32 Å². The van der Waals surface area contributed by atoms with Gasteiger partial charge in [0.1, 0.15) is 0 Å². The van der Waals surface area contributed by atoms with Gasteiger partial charge < -0.3 is 0 Å². The molecule has 1 heterocycles. The van der Waals surface area contributed by atoms with Crippen molar-refractivity contribution in [2.45, 2.75) is 27.2 Å². The first-order chi connectivity index (χ1) is 6.33. The van der Waals surface area contributed by atoms with E-state index in [1.807, 2.05) is 13.8 Å². The van der Waals surface area contributed by atoms with Crippen molar-refractivity contribution in [3.8, 4) is 0 Å². The summed E-state index contributed by atoms with van der Waals surface area (Å²) in [5, 5.41) is 2.53. The summed E-state index contributed by atoms with van der Waals surface area (Å²) in [6, 6.07) is 1.70. The lowest BCUT2D eigenvalue weighted by molar-refractivity contribution is -0.115. The lowest BCUT2D eigenvalue weighted by Crippen LogP contribution is -2.11. The zero-order valence-electron chi connectivity index (χ0n) is 8.24. The second kappa shape index (κ2) is 7.21. The molecule has 0 aliphatic carbocycles. The highest BCUT2D eigenvalue weighted by molar-refractivity contribution is 5.88. The van der Waals surface area contributed by atoms with E-state index in [4.69, 9.17) is 0 Å². The van der Waals surface area contributed by atoms with Crippen molar-refractivity contribution in [1.82, 2.24) is 9.97 Å². The monoisotopic (exact) mass is 181 g/mol. The Balaban J connectivity index is 0.000000671. The predicted octanol–water partition coefficient (Wildman–Crippen LogP) is 1.85. The quantitative estimate of drug-likeness (QED) is 0.757. The molecule has 0 saturated carbocycles. The van der Waals surface area contributed by atoms with Crippen LogP contribution in [0.4, 0.5) is 5.95 Å². The van der Waals surface area contributed by atoms with E-state index in [1.54, 1.807) is 25.4 Å². The van der Waals surface area contributed by atoms with Gasteiger partial charge in [0.15, 0.2) is 0 Å². The number of amides is 1. The Morgan fingerprint density at radius 2 is 1.92 bits per heavy atom. The number of hydrogen-bond acceptors (Lipinski definition) is 3. The Labute approximate surface area is 78.4 Å². The third kappa shape index (κ3) is 4.90. The molecule has 0 unspecified atom stereocenters. The molecule has 0 spiro atoms. The third-order valence-corrected chi connectivity index (χ3v) is 1.14. The molecule has 1 aromatic heterocycles. The molecule has 4 nitrogen and oxygen atoms in total. The maximum absolute atomic E-state index is 10.8. The SMILES string of the molecule is CC.CCC(=O)Nc1ncccn1. The van der Waals surface area contributed by atoms with Crippen LogP contribution in [-0.2, 0) is 4.79 Å². The molecule has 0 saturated heterocycles. The van der Waals surface area contributed by atoms with E-state index in [-0.39, 0.29) is 5.91 Å².